The molecule has 3 nitrogen and oxygen atoms in total. The molecule has 0 spiro atoms. The van der Waals surface area contributed by atoms with E-state index in [0.717, 1.165) is 6.04 Å². The molecular formula is C9H22O3SSi. The minimum Gasteiger partial charge on any atom is -0.374 e. The Labute approximate surface area is 93.9 Å². The van der Waals surface area contributed by atoms with Gasteiger partial charge >= 0.3 is 8.80 Å². The van der Waals surface area contributed by atoms with Crippen molar-refractivity contribution in [1.82, 2.24) is 0 Å². The fourth-order valence-electron chi connectivity index (χ4n) is 1.32. The van der Waals surface area contributed by atoms with E-state index >= 15 is 0 Å². The van der Waals surface area contributed by atoms with Gasteiger partial charge in [-0.2, -0.15) is 12.6 Å². The topological polar surface area (TPSA) is 27.7 Å². The van der Waals surface area contributed by atoms with Gasteiger partial charge in [0.05, 0.1) is 0 Å². The number of hydrogen-bond acceptors (Lipinski definition) is 4. The number of thiol groups is 1. The molecule has 1 unspecified atom stereocenters. The highest BCUT2D eigenvalue weighted by Gasteiger charge is 2.41. The monoisotopic (exact) mass is 238 g/mol. The van der Waals surface area contributed by atoms with Gasteiger partial charge in [-0.3, -0.25) is 0 Å². The molecule has 5 heteroatoms. The summed E-state index contributed by atoms with van der Waals surface area (Å²) in [5.74, 6) is 0. The van der Waals surface area contributed by atoms with Crippen LogP contribution < -0.4 is 0 Å². The first-order valence-corrected chi connectivity index (χ1v) is 7.65. The first-order valence-electron chi connectivity index (χ1n) is 5.20. The van der Waals surface area contributed by atoms with E-state index in [4.69, 9.17) is 13.3 Å². The van der Waals surface area contributed by atoms with Gasteiger partial charge < -0.3 is 13.3 Å². The quantitative estimate of drug-likeness (QED) is 0.520. The zero-order chi connectivity index (χ0) is 11.0. The van der Waals surface area contributed by atoms with Crippen LogP contribution in [0.4, 0.5) is 0 Å². The Morgan fingerprint density at radius 3 is 1.57 bits per heavy atom. The van der Waals surface area contributed by atoms with Crippen LogP contribution in [0.5, 0.6) is 0 Å². The second kappa shape index (κ2) is 7.70. The molecule has 0 aromatic carbocycles. The molecule has 0 saturated heterocycles. The first-order chi connectivity index (χ1) is 6.60. The Morgan fingerprint density at radius 1 is 1.00 bits per heavy atom. The van der Waals surface area contributed by atoms with Gasteiger partial charge in [0.2, 0.25) is 0 Å². The Morgan fingerprint density at radius 2 is 1.36 bits per heavy atom. The summed E-state index contributed by atoms with van der Waals surface area (Å²) in [7, 11) is -2.43. The van der Waals surface area contributed by atoms with Crippen molar-refractivity contribution in [3.63, 3.8) is 0 Å². The zero-order valence-electron chi connectivity index (χ0n) is 9.58. The van der Waals surface area contributed by atoms with Crippen molar-refractivity contribution in [2.75, 3.05) is 19.8 Å². The highest BCUT2D eigenvalue weighted by molar-refractivity contribution is 7.81. The van der Waals surface area contributed by atoms with Crippen molar-refractivity contribution < 1.29 is 13.3 Å². The smallest absolute Gasteiger partial charge is 0.374 e. The van der Waals surface area contributed by atoms with Crippen molar-refractivity contribution in [3.05, 3.63) is 0 Å². The van der Waals surface area contributed by atoms with Crippen LogP contribution in [0.25, 0.3) is 0 Å². The minimum absolute atomic E-state index is 0.242. The standard InChI is InChI=1S/C9H22O3SSi/c1-5-10-14(11-6-2,12-7-3)8-9(4)13/h9,13H,5-8H2,1-4H3. The molecule has 0 amide bonds. The number of hydrogen-bond donors (Lipinski definition) is 1. The average molecular weight is 238 g/mol. The maximum absolute atomic E-state index is 5.67. The normalized spacial score (nSPS) is 14.4. The van der Waals surface area contributed by atoms with E-state index in [1.807, 2.05) is 27.7 Å². The lowest BCUT2D eigenvalue weighted by molar-refractivity contribution is 0.0716. The van der Waals surface area contributed by atoms with Crippen LogP contribution in [0.15, 0.2) is 0 Å². The van der Waals surface area contributed by atoms with E-state index < -0.39 is 8.80 Å². The van der Waals surface area contributed by atoms with Gasteiger partial charge in [0.15, 0.2) is 0 Å². The molecule has 14 heavy (non-hydrogen) atoms. The molecule has 0 aliphatic rings. The van der Waals surface area contributed by atoms with E-state index in [2.05, 4.69) is 12.6 Å². The van der Waals surface area contributed by atoms with Crippen LogP contribution >= 0.6 is 12.6 Å². The molecule has 0 aromatic rings. The molecular weight excluding hydrogens is 216 g/mol. The Kier molecular flexibility index (Phi) is 7.95. The fraction of sp³-hybridized carbons (Fsp3) is 1.00. The molecule has 0 fully saturated rings. The largest absolute Gasteiger partial charge is 0.502 e. The van der Waals surface area contributed by atoms with Crippen molar-refractivity contribution in [1.29, 1.82) is 0 Å². The van der Waals surface area contributed by atoms with Gasteiger partial charge in [-0.15, -0.1) is 0 Å². The summed E-state index contributed by atoms with van der Waals surface area (Å²) >= 11 is 4.36. The van der Waals surface area contributed by atoms with Crippen molar-refractivity contribution in [2.24, 2.45) is 0 Å². The van der Waals surface area contributed by atoms with Gasteiger partial charge in [-0.25, -0.2) is 0 Å². The molecule has 0 aliphatic carbocycles. The van der Waals surface area contributed by atoms with Crippen LogP contribution in [-0.2, 0) is 13.3 Å². The van der Waals surface area contributed by atoms with Gasteiger partial charge in [0.1, 0.15) is 0 Å². The Hall–Kier alpha value is 0.447. The van der Waals surface area contributed by atoms with E-state index in [0.29, 0.717) is 19.8 Å². The van der Waals surface area contributed by atoms with Gasteiger partial charge in [0, 0.05) is 31.1 Å². The lowest BCUT2D eigenvalue weighted by atomic mass is 10.6. The summed E-state index contributed by atoms with van der Waals surface area (Å²) in [5, 5.41) is 0.242. The van der Waals surface area contributed by atoms with E-state index in [9.17, 15) is 0 Å². The maximum atomic E-state index is 5.67. The summed E-state index contributed by atoms with van der Waals surface area (Å²) in [6, 6.07) is 0.769. The molecule has 0 rings (SSSR count). The summed E-state index contributed by atoms with van der Waals surface area (Å²) in [5.41, 5.74) is 0. The van der Waals surface area contributed by atoms with E-state index in [-0.39, 0.29) is 5.25 Å². The predicted molar refractivity (Wildman–Crippen MR) is 63.9 cm³/mol. The van der Waals surface area contributed by atoms with Crippen LogP contribution in [0.1, 0.15) is 27.7 Å². The Balaban J connectivity index is 4.37. The van der Waals surface area contributed by atoms with Crippen LogP contribution in [0, 0.1) is 0 Å². The third-order valence-corrected chi connectivity index (χ3v) is 5.46. The third kappa shape index (κ3) is 5.36. The molecule has 0 radical (unpaired) electrons. The lowest BCUT2D eigenvalue weighted by Crippen LogP contribution is -2.47. The molecule has 0 heterocycles. The summed E-state index contributed by atoms with van der Waals surface area (Å²) in [6.45, 7) is 9.81. The van der Waals surface area contributed by atoms with Crippen molar-refractivity contribution >= 4 is 21.4 Å². The summed E-state index contributed by atoms with van der Waals surface area (Å²) < 4.78 is 17.0. The second-order valence-corrected chi connectivity index (χ2v) is 6.56. The predicted octanol–water partition coefficient (Wildman–Crippen LogP) is 2.35. The van der Waals surface area contributed by atoms with E-state index in [1.165, 1.54) is 0 Å². The molecule has 1 atom stereocenters. The molecule has 0 aliphatic heterocycles. The van der Waals surface area contributed by atoms with Crippen molar-refractivity contribution in [2.45, 2.75) is 39.0 Å². The molecule has 0 bridgehead atoms. The highest BCUT2D eigenvalue weighted by Crippen LogP contribution is 2.20. The van der Waals surface area contributed by atoms with E-state index in [1.54, 1.807) is 0 Å². The average Bonchev–Trinajstić information content (AvgIpc) is 2.03. The molecule has 0 N–H and O–H groups in total. The highest BCUT2D eigenvalue weighted by atomic mass is 32.1. The molecule has 86 valence electrons. The Bertz CT molecular complexity index is 127. The van der Waals surface area contributed by atoms with Gasteiger partial charge in [-0.1, -0.05) is 6.92 Å². The second-order valence-electron chi connectivity index (χ2n) is 3.04. The SMILES string of the molecule is CCO[Si](CC(C)S)(OCC)OCC. The third-order valence-electron chi connectivity index (χ3n) is 1.64. The molecule has 0 aromatic heterocycles. The molecule has 0 saturated carbocycles. The van der Waals surface area contributed by atoms with Crippen molar-refractivity contribution in [3.8, 4) is 0 Å². The zero-order valence-corrected chi connectivity index (χ0v) is 11.5. The summed E-state index contributed by atoms with van der Waals surface area (Å²) in [6.07, 6.45) is 0. The maximum Gasteiger partial charge on any atom is 0.502 e. The number of rotatable bonds is 8. The minimum atomic E-state index is -2.43. The fourth-order valence-corrected chi connectivity index (χ4v) is 4.64. The van der Waals surface area contributed by atoms with Crippen LogP contribution in [0.3, 0.4) is 0 Å². The van der Waals surface area contributed by atoms with Crippen LogP contribution in [-0.4, -0.2) is 33.9 Å². The van der Waals surface area contributed by atoms with Gasteiger partial charge in [-0.05, 0) is 20.8 Å². The lowest BCUT2D eigenvalue weighted by Gasteiger charge is -2.29. The first kappa shape index (κ1) is 14.4. The van der Waals surface area contributed by atoms with Crippen LogP contribution in [0.2, 0.25) is 6.04 Å². The summed E-state index contributed by atoms with van der Waals surface area (Å²) in [4.78, 5) is 0. The van der Waals surface area contributed by atoms with Gasteiger partial charge in [0.25, 0.3) is 0 Å².